The van der Waals surface area contributed by atoms with Gasteiger partial charge in [-0.25, -0.2) is 0 Å². The summed E-state index contributed by atoms with van der Waals surface area (Å²) in [5.74, 6) is -7.44. The first kappa shape index (κ1) is 24.5. The van der Waals surface area contributed by atoms with E-state index in [0.29, 0.717) is 12.8 Å². The Morgan fingerprint density at radius 1 is 1.12 bits per heavy atom. The molecule has 0 radical (unpaired) electrons. The minimum absolute atomic E-state index is 0.0226. The quantitative estimate of drug-likeness (QED) is 0.430. The summed E-state index contributed by atoms with van der Waals surface area (Å²) in [5, 5.41) is 41.3. The Balaban J connectivity index is 1.68. The molecule has 4 N–H and O–H groups in total. The zero-order valence-electron chi connectivity index (χ0n) is 19.7. The Hall–Kier alpha value is -2.58. The van der Waals surface area contributed by atoms with Gasteiger partial charge in [0.25, 0.3) is 0 Å². The maximum Gasteiger partial charge on any atom is 0.310 e. The lowest BCUT2D eigenvalue weighted by Gasteiger charge is -2.53. The molecule has 34 heavy (non-hydrogen) atoms. The molecule has 4 aliphatic rings. The lowest BCUT2D eigenvalue weighted by Crippen LogP contribution is -2.59. The summed E-state index contributed by atoms with van der Waals surface area (Å²) in [6.45, 7) is 5.03. The zero-order chi connectivity index (χ0) is 25.2. The molecule has 4 aliphatic carbocycles. The predicted molar refractivity (Wildman–Crippen MR) is 120 cm³/mol. The number of hydrogen-bond donors (Lipinski definition) is 4. The Bertz CT molecular complexity index is 1050. The fraction of sp³-hybridized carbons (Fsp3) is 0.615. The monoisotopic (exact) mass is 472 g/mol. The molecule has 4 rings (SSSR count). The van der Waals surface area contributed by atoms with Gasteiger partial charge in [0.15, 0.2) is 11.6 Å². The normalized spacial score (nSPS) is 39.0. The van der Waals surface area contributed by atoms with Crippen LogP contribution in [0.3, 0.4) is 0 Å². The second-order valence-electron chi connectivity index (χ2n) is 10.8. The summed E-state index contributed by atoms with van der Waals surface area (Å²) in [5.41, 5.74) is -1.04. The van der Waals surface area contributed by atoms with Crippen LogP contribution < -0.4 is 0 Å². The van der Waals surface area contributed by atoms with Gasteiger partial charge in [0.2, 0.25) is 0 Å². The molecular weight excluding hydrogens is 440 g/mol. The number of hydrogen-bond acceptors (Lipinski definition) is 6. The number of Topliss-reactive ketones (excluding diaryl/α,β-unsaturated/α-hetero) is 1. The van der Waals surface area contributed by atoms with Crippen molar-refractivity contribution in [3.8, 4) is 0 Å². The first-order valence-corrected chi connectivity index (χ1v) is 11.8. The molecule has 0 aliphatic heterocycles. The minimum atomic E-state index is -2.14. The molecule has 0 bridgehead atoms. The zero-order valence-corrected chi connectivity index (χ0v) is 19.7. The number of ketones is 2. The number of rotatable bonds is 6. The van der Waals surface area contributed by atoms with Crippen LogP contribution in [0.4, 0.5) is 0 Å². The highest BCUT2D eigenvalue weighted by Gasteiger charge is 2.65. The first-order chi connectivity index (χ1) is 15.8. The maximum atomic E-state index is 13.5. The molecule has 0 spiro atoms. The third kappa shape index (κ3) is 3.26. The molecule has 0 heterocycles. The molecular formula is C26H32O8. The number of aliphatic carboxylic acids is 2. The fourth-order valence-electron chi connectivity index (χ4n) is 7.12. The SMILES string of the molecule is CC(C(=O)O)C(C(=O)O)C(O)C(=O)[C@@]1(O)CCC2C3CCC4=CC(=O)C=C[C@]4(C)C3=CC[C@@]21C. The van der Waals surface area contributed by atoms with Crippen molar-refractivity contribution in [1.82, 2.24) is 0 Å². The minimum Gasteiger partial charge on any atom is -0.481 e. The van der Waals surface area contributed by atoms with Gasteiger partial charge in [-0.05, 0) is 63.0 Å². The molecule has 184 valence electrons. The summed E-state index contributed by atoms with van der Waals surface area (Å²) >= 11 is 0. The lowest BCUT2D eigenvalue weighted by atomic mass is 9.51. The van der Waals surface area contributed by atoms with Crippen LogP contribution in [-0.2, 0) is 19.2 Å². The highest BCUT2D eigenvalue weighted by molar-refractivity contribution is 6.01. The van der Waals surface area contributed by atoms with Crippen molar-refractivity contribution >= 4 is 23.5 Å². The van der Waals surface area contributed by atoms with Crippen LogP contribution in [0.25, 0.3) is 0 Å². The third-order valence-electron chi connectivity index (χ3n) is 9.33. The van der Waals surface area contributed by atoms with E-state index < -0.39 is 46.7 Å². The van der Waals surface area contributed by atoms with E-state index in [0.717, 1.165) is 25.3 Å². The average Bonchev–Trinajstić information content (AvgIpc) is 3.05. The third-order valence-corrected chi connectivity index (χ3v) is 9.33. The maximum absolute atomic E-state index is 13.5. The van der Waals surface area contributed by atoms with Gasteiger partial charge in [0.05, 0.1) is 5.92 Å². The van der Waals surface area contributed by atoms with Crippen molar-refractivity contribution in [3.63, 3.8) is 0 Å². The number of fused-ring (bicyclic) bond motifs is 5. The summed E-state index contributed by atoms with van der Waals surface area (Å²) in [7, 11) is 0. The number of carbonyl (C=O) groups excluding carboxylic acids is 2. The molecule has 2 fully saturated rings. The number of carbonyl (C=O) groups is 4. The van der Waals surface area contributed by atoms with Crippen LogP contribution in [-0.4, -0.2) is 55.6 Å². The Labute approximate surface area is 198 Å². The van der Waals surface area contributed by atoms with Crippen LogP contribution in [0.2, 0.25) is 0 Å². The van der Waals surface area contributed by atoms with Crippen LogP contribution in [0.5, 0.6) is 0 Å². The van der Waals surface area contributed by atoms with Crippen molar-refractivity contribution < 1.29 is 39.6 Å². The van der Waals surface area contributed by atoms with Crippen LogP contribution in [0.1, 0.15) is 52.9 Å². The number of aliphatic hydroxyl groups excluding tert-OH is 1. The predicted octanol–water partition coefficient (Wildman–Crippen LogP) is 2.30. The lowest BCUT2D eigenvalue weighted by molar-refractivity contribution is -0.173. The summed E-state index contributed by atoms with van der Waals surface area (Å²) < 4.78 is 0. The molecule has 8 heteroatoms. The highest BCUT2D eigenvalue weighted by Crippen LogP contribution is 2.65. The Kier molecular flexibility index (Phi) is 5.76. The molecule has 0 aromatic carbocycles. The molecule has 8 atom stereocenters. The van der Waals surface area contributed by atoms with Crippen molar-refractivity contribution in [3.05, 3.63) is 35.5 Å². The van der Waals surface area contributed by atoms with E-state index in [2.05, 4.69) is 6.92 Å². The van der Waals surface area contributed by atoms with E-state index in [1.165, 1.54) is 5.57 Å². The van der Waals surface area contributed by atoms with Crippen molar-refractivity contribution in [2.45, 2.75) is 64.6 Å². The van der Waals surface area contributed by atoms with E-state index in [-0.39, 0.29) is 29.5 Å². The topological polar surface area (TPSA) is 149 Å². The highest BCUT2D eigenvalue weighted by atomic mass is 16.4. The van der Waals surface area contributed by atoms with Crippen LogP contribution >= 0.6 is 0 Å². The molecule has 0 aromatic heterocycles. The number of aliphatic hydroxyl groups is 2. The van der Waals surface area contributed by atoms with E-state index >= 15 is 0 Å². The van der Waals surface area contributed by atoms with Crippen LogP contribution in [0.15, 0.2) is 35.5 Å². The smallest absolute Gasteiger partial charge is 0.310 e. The van der Waals surface area contributed by atoms with Crippen molar-refractivity contribution in [2.75, 3.05) is 0 Å². The van der Waals surface area contributed by atoms with Crippen LogP contribution in [0, 0.1) is 34.5 Å². The summed E-state index contributed by atoms with van der Waals surface area (Å²) in [4.78, 5) is 48.5. The Morgan fingerprint density at radius 2 is 1.79 bits per heavy atom. The van der Waals surface area contributed by atoms with Gasteiger partial charge in [-0.15, -0.1) is 0 Å². The van der Waals surface area contributed by atoms with E-state index in [1.807, 2.05) is 19.1 Å². The van der Waals surface area contributed by atoms with E-state index in [4.69, 9.17) is 0 Å². The van der Waals surface area contributed by atoms with Gasteiger partial charge in [-0.2, -0.15) is 0 Å². The summed E-state index contributed by atoms with van der Waals surface area (Å²) in [6, 6.07) is 0. The largest absolute Gasteiger partial charge is 0.481 e. The Morgan fingerprint density at radius 3 is 2.41 bits per heavy atom. The van der Waals surface area contributed by atoms with Crippen molar-refractivity contribution in [2.24, 2.45) is 34.5 Å². The van der Waals surface area contributed by atoms with Crippen molar-refractivity contribution in [1.29, 1.82) is 0 Å². The van der Waals surface area contributed by atoms with Gasteiger partial charge in [0, 0.05) is 10.8 Å². The van der Waals surface area contributed by atoms with Gasteiger partial charge < -0.3 is 20.4 Å². The van der Waals surface area contributed by atoms with Gasteiger partial charge in [-0.1, -0.05) is 37.1 Å². The molecule has 0 aromatic rings. The van der Waals surface area contributed by atoms with E-state index in [1.54, 1.807) is 12.2 Å². The number of carboxylic acids is 2. The second kappa shape index (κ2) is 7.99. The van der Waals surface area contributed by atoms with Gasteiger partial charge in [0.1, 0.15) is 17.6 Å². The molecule has 0 amide bonds. The molecule has 8 nitrogen and oxygen atoms in total. The standard InChI is InChI=1S/C26H32O8/c1-13(22(30)31)19(23(32)33)20(28)21(29)26(34)11-8-18-16-5-4-14-12-15(27)6-9-24(14,2)17(16)7-10-25(18,26)3/h6-7,9,12-13,16,18-20,28,34H,4-5,8,10-11H2,1-3H3,(H,30,31)(H,32,33)/t13?,16?,18?,19?,20?,24-,25-,26-/m0/s1. The second-order valence-corrected chi connectivity index (χ2v) is 10.8. The number of carboxylic acid groups (broad SMARTS) is 2. The number of allylic oxidation sites excluding steroid dienone is 6. The summed E-state index contributed by atoms with van der Waals surface area (Å²) in [6.07, 6.45) is 7.58. The van der Waals surface area contributed by atoms with E-state index in [9.17, 15) is 39.6 Å². The van der Waals surface area contributed by atoms with Gasteiger partial charge >= 0.3 is 11.9 Å². The molecule has 5 unspecified atom stereocenters. The first-order valence-electron chi connectivity index (χ1n) is 11.8. The molecule has 0 saturated heterocycles. The average molecular weight is 473 g/mol. The fourth-order valence-corrected chi connectivity index (χ4v) is 7.12. The van der Waals surface area contributed by atoms with Gasteiger partial charge in [-0.3, -0.25) is 19.2 Å². The molecule has 2 saturated carbocycles.